The van der Waals surface area contributed by atoms with Gasteiger partial charge in [-0.05, 0) is 54.7 Å². The third kappa shape index (κ3) is 4.79. The molecule has 2 saturated heterocycles. The van der Waals surface area contributed by atoms with Gasteiger partial charge in [-0.15, -0.1) is 13.2 Å². The number of carbonyl (C=O) groups is 1. The van der Waals surface area contributed by atoms with Crippen molar-refractivity contribution < 1.29 is 27.4 Å². The molecule has 2 aliphatic rings. The van der Waals surface area contributed by atoms with Crippen molar-refractivity contribution in [3.8, 4) is 5.75 Å². The molecule has 0 saturated carbocycles. The maximum Gasteiger partial charge on any atom is 0.573 e. The molecule has 0 bridgehead atoms. The molecule has 2 aliphatic heterocycles. The second-order valence-electron chi connectivity index (χ2n) is 8.40. The number of H-pyrrole nitrogens is 1. The molecule has 1 N–H and O–H groups in total. The van der Waals surface area contributed by atoms with E-state index in [0.29, 0.717) is 37.5 Å². The largest absolute Gasteiger partial charge is 0.573 e. The first-order chi connectivity index (χ1) is 16.4. The Bertz CT molecular complexity index is 1150. The SMILES string of the molecule is O=C(c1ccc(OC(F)(F)F)cc1)N1CCC(c2ccnc3nc(N4CCOCC4)[nH]c23)CC1. The molecule has 0 aliphatic carbocycles. The van der Waals surface area contributed by atoms with Crippen LogP contribution in [0.3, 0.4) is 0 Å². The summed E-state index contributed by atoms with van der Waals surface area (Å²) < 4.78 is 46.3. The molecule has 4 heterocycles. The Morgan fingerprint density at radius 3 is 2.44 bits per heavy atom. The fourth-order valence-corrected chi connectivity index (χ4v) is 4.56. The molecule has 2 fully saturated rings. The Kier molecular flexibility index (Phi) is 6.03. The topological polar surface area (TPSA) is 83.6 Å². The summed E-state index contributed by atoms with van der Waals surface area (Å²) in [7, 11) is 0. The van der Waals surface area contributed by atoms with Gasteiger partial charge >= 0.3 is 6.36 Å². The Morgan fingerprint density at radius 1 is 1.06 bits per heavy atom. The number of hydrogen-bond donors (Lipinski definition) is 1. The summed E-state index contributed by atoms with van der Waals surface area (Å²) in [4.78, 5) is 29.3. The molecular formula is C23H24F3N5O3. The zero-order chi connectivity index (χ0) is 23.7. The van der Waals surface area contributed by atoms with E-state index in [9.17, 15) is 18.0 Å². The Hall–Kier alpha value is -3.34. The van der Waals surface area contributed by atoms with Gasteiger partial charge in [0.05, 0.1) is 18.7 Å². The summed E-state index contributed by atoms with van der Waals surface area (Å²) in [5, 5.41) is 0. The molecule has 0 atom stereocenters. The van der Waals surface area contributed by atoms with Crippen LogP contribution in [0.4, 0.5) is 19.1 Å². The van der Waals surface area contributed by atoms with Crippen molar-refractivity contribution >= 4 is 23.0 Å². The first-order valence-electron chi connectivity index (χ1n) is 11.2. The van der Waals surface area contributed by atoms with E-state index in [1.165, 1.54) is 12.1 Å². The predicted octanol–water partition coefficient (Wildman–Crippen LogP) is 3.71. The predicted molar refractivity (Wildman–Crippen MR) is 118 cm³/mol. The minimum absolute atomic E-state index is 0.201. The lowest BCUT2D eigenvalue weighted by Gasteiger charge is -2.32. The summed E-state index contributed by atoms with van der Waals surface area (Å²) in [6, 6.07) is 7.04. The zero-order valence-electron chi connectivity index (χ0n) is 18.3. The highest BCUT2D eigenvalue weighted by atomic mass is 19.4. The van der Waals surface area contributed by atoms with E-state index in [0.717, 1.165) is 55.1 Å². The quantitative estimate of drug-likeness (QED) is 0.620. The van der Waals surface area contributed by atoms with Gasteiger partial charge in [-0.1, -0.05) is 0 Å². The molecule has 0 spiro atoms. The highest BCUT2D eigenvalue weighted by Gasteiger charge is 2.31. The normalized spacial score (nSPS) is 17.9. The number of hydrogen-bond acceptors (Lipinski definition) is 6. The summed E-state index contributed by atoms with van der Waals surface area (Å²) >= 11 is 0. The molecule has 8 nitrogen and oxygen atoms in total. The molecular weight excluding hydrogens is 451 g/mol. The highest BCUT2D eigenvalue weighted by molar-refractivity contribution is 5.94. The number of ether oxygens (including phenoxy) is 2. The number of pyridine rings is 1. The average molecular weight is 475 g/mol. The number of rotatable bonds is 4. The first kappa shape index (κ1) is 22.5. The van der Waals surface area contributed by atoms with Gasteiger partial charge in [0.15, 0.2) is 5.65 Å². The number of aromatic amines is 1. The molecule has 0 radical (unpaired) electrons. The smallest absolute Gasteiger partial charge is 0.406 e. The van der Waals surface area contributed by atoms with Gasteiger partial charge < -0.3 is 24.3 Å². The molecule has 180 valence electrons. The van der Waals surface area contributed by atoms with Crippen LogP contribution in [0.1, 0.15) is 34.7 Å². The minimum atomic E-state index is -4.76. The van der Waals surface area contributed by atoms with Crippen LogP contribution in [0, 0.1) is 0 Å². The summed E-state index contributed by atoms with van der Waals surface area (Å²) in [5.74, 6) is 0.493. The van der Waals surface area contributed by atoms with E-state index in [1.54, 1.807) is 11.1 Å². The van der Waals surface area contributed by atoms with Gasteiger partial charge in [-0.2, -0.15) is 4.98 Å². The van der Waals surface area contributed by atoms with Crippen LogP contribution in [-0.2, 0) is 4.74 Å². The number of fused-ring (bicyclic) bond motifs is 1. The number of piperidine rings is 1. The number of halogens is 3. The molecule has 5 rings (SSSR count). The van der Waals surface area contributed by atoms with Crippen molar-refractivity contribution in [2.24, 2.45) is 0 Å². The van der Waals surface area contributed by atoms with Crippen molar-refractivity contribution in [2.45, 2.75) is 25.1 Å². The van der Waals surface area contributed by atoms with Crippen molar-refractivity contribution in [1.29, 1.82) is 0 Å². The number of nitrogens with one attached hydrogen (secondary N) is 1. The van der Waals surface area contributed by atoms with Gasteiger partial charge in [-0.25, -0.2) is 4.98 Å². The molecule has 3 aromatic rings. The molecule has 0 unspecified atom stereocenters. The van der Waals surface area contributed by atoms with Gasteiger partial charge in [0.25, 0.3) is 5.91 Å². The third-order valence-corrected chi connectivity index (χ3v) is 6.28. The Balaban J connectivity index is 1.25. The number of carbonyl (C=O) groups excluding carboxylic acids is 1. The standard InChI is InChI=1S/C23H24F3N5O3/c24-23(25,26)34-17-3-1-16(2-4-17)21(32)30-9-6-15(7-10-30)18-5-8-27-20-19(18)28-22(29-20)31-11-13-33-14-12-31/h1-5,8,15H,6-7,9-14H2,(H,27,28,29). The van der Waals surface area contributed by atoms with Crippen LogP contribution in [0.15, 0.2) is 36.5 Å². The number of imidazole rings is 1. The maximum atomic E-state index is 12.9. The van der Waals surface area contributed by atoms with Crippen LogP contribution in [0.5, 0.6) is 5.75 Å². The fourth-order valence-electron chi connectivity index (χ4n) is 4.56. The minimum Gasteiger partial charge on any atom is -0.406 e. The molecule has 1 aromatic carbocycles. The van der Waals surface area contributed by atoms with Crippen LogP contribution < -0.4 is 9.64 Å². The molecule has 11 heteroatoms. The average Bonchev–Trinajstić information content (AvgIpc) is 3.28. The first-order valence-corrected chi connectivity index (χ1v) is 11.2. The summed E-state index contributed by atoms with van der Waals surface area (Å²) in [6.07, 6.45) is -1.45. The zero-order valence-corrected chi connectivity index (χ0v) is 18.3. The molecule has 1 amide bonds. The highest BCUT2D eigenvalue weighted by Crippen LogP contribution is 2.33. The number of likely N-dealkylation sites (tertiary alicyclic amines) is 1. The maximum absolute atomic E-state index is 12.9. The summed E-state index contributed by atoms with van der Waals surface area (Å²) in [6.45, 7) is 4.00. The van der Waals surface area contributed by atoms with Crippen molar-refractivity contribution in [1.82, 2.24) is 19.9 Å². The van der Waals surface area contributed by atoms with Gasteiger partial charge in [0.1, 0.15) is 5.75 Å². The van der Waals surface area contributed by atoms with Crippen LogP contribution in [0.2, 0.25) is 0 Å². The number of benzene rings is 1. The van der Waals surface area contributed by atoms with Crippen molar-refractivity contribution in [3.63, 3.8) is 0 Å². The van der Waals surface area contributed by atoms with Crippen molar-refractivity contribution in [2.75, 3.05) is 44.3 Å². The lowest BCUT2D eigenvalue weighted by Crippen LogP contribution is -2.38. The van der Waals surface area contributed by atoms with E-state index in [2.05, 4.69) is 24.6 Å². The van der Waals surface area contributed by atoms with E-state index in [-0.39, 0.29) is 17.6 Å². The number of anilines is 1. The van der Waals surface area contributed by atoms with Gasteiger partial charge in [0.2, 0.25) is 5.95 Å². The monoisotopic (exact) mass is 475 g/mol. The second-order valence-corrected chi connectivity index (χ2v) is 8.40. The Labute approximate surface area is 193 Å². The van der Waals surface area contributed by atoms with Crippen LogP contribution >= 0.6 is 0 Å². The second kappa shape index (κ2) is 9.13. The number of aromatic nitrogens is 3. The molecule has 2 aromatic heterocycles. The molecule has 34 heavy (non-hydrogen) atoms. The van der Waals surface area contributed by atoms with E-state index in [4.69, 9.17) is 4.74 Å². The number of alkyl halides is 3. The number of nitrogens with zero attached hydrogens (tertiary/aromatic N) is 4. The lowest BCUT2D eigenvalue weighted by atomic mass is 9.89. The fraction of sp³-hybridized carbons (Fsp3) is 0.435. The van der Waals surface area contributed by atoms with Crippen molar-refractivity contribution in [3.05, 3.63) is 47.7 Å². The third-order valence-electron chi connectivity index (χ3n) is 6.28. The number of amides is 1. The van der Waals surface area contributed by atoms with Gasteiger partial charge in [0, 0.05) is 37.9 Å². The van der Waals surface area contributed by atoms with Gasteiger partial charge in [-0.3, -0.25) is 4.79 Å². The Morgan fingerprint density at radius 2 is 1.76 bits per heavy atom. The lowest BCUT2D eigenvalue weighted by molar-refractivity contribution is -0.274. The van der Waals surface area contributed by atoms with E-state index in [1.807, 2.05) is 6.07 Å². The summed E-state index contributed by atoms with van der Waals surface area (Å²) in [5.41, 5.74) is 3.08. The van der Waals surface area contributed by atoms with E-state index < -0.39 is 6.36 Å². The van der Waals surface area contributed by atoms with E-state index >= 15 is 0 Å². The van der Waals surface area contributed by atoms with Crippen LogP contribution in [-0.4, -0.2) is 71.5 Å². The number of morpholine rings is 1. The van der Waals surface area contributed by atoms with Crippen LogP contribution in [0.25, 0.3) is 11.2 Å².